The molecule has 3 heterocycles. The number of imidazole rings is 1. The fraction of sp³-hybridized carbons (Fsp3) is 0.222. The maximum absolute atomic E-state index is 15.4. The van der Waals surface area contributed by atoms with Crippen LogP contribution >= 0.6 is 0 Å². The minimum atomic E-state index is -4.64. The van der Waals surface area contributed by atoms with Crippen LogP contribution in [0.5, 0.6) is 17.2 Å². The Balaban J connectivity index is 1.44. The van der Waals surface area contributed by atoms with E-state index in [0.29, 0.717) is 53.1 Å². The zero-order valence-electron chi connectivity index (χ0n) is 29.1. The number of anilines is 2. The molecule has 4 aromatic carbocycles. The zero-order chi connectivity index (χ0) is 37.1. The number of aromatic nitrogens is 6. The molecule has 17 heteroatoms. The van der Waals surface area contributed by atoms with E-state index in [4.69, 9.17) is 14.2 Å². The van der Waals surface area contributed by atoms with Gasteiger partial charge in [0.25, 0.3) is 0 Å². The number of fused-ring (bicyclic) bond motifs is 1. The molecule has 53 heavy (non-hydrogen) atoms. The number of benzene rings is 4. The SMILES string of the molecule is COc1ccc(CN(Cc2ccc(OC)cc2)S(=O)(=O)c2c(S(=O)O)ccc(N3CCn4ccnc43)c2-c2nnnn2Cc2ccc(OC)cc2)cc1. The first-order valence-electron chi connectivity index (χ1n) is 16.4. The van der Waals surface area contributed by atoms with Gasteiger partial charge in [0.15, 0.2) is 16.9 Å². The average molecular weight is 757 g/mol. The summed E-state index contributed by atoms with van der Waals surface area (Å²) in [5.74, 6) is 2.55. The topological polar surface area (TPSA) is 167 Å². The Bertz CT molecular complexity index is 2300. The Morgan fingerprint density at radius 2 is 1.36 bits per heavy atom. The molecule has 1 unspecified atom stereocenters. The van der Waals surface area contributed by atoms with Crippen molar-refractivity contribution in [3.8, 4) is 28.6 Å². The lowest BCUT2D eigenvalue weighted by Gasteiger charge is -2.27. The molecule has 2 aromatic heterocycles. The lowest BCUT2D eigenvalue weighted by Crippen LogP contribution is -2.32. The second-order valence-corrected chi connectivity index (χ2v) is 14.9. The van der Waals surface area contributed by atoms with Gasteiger partial charge in [0.1, 0.15) is 22.1 Å². The van der Waals surface area contributed by atoms with Gasteiger partial charge in [-0.25, -0.2) is 22.3 Å². The normalized spacial score (nSPS) is 13.3. The molecule has 1 atom stereocenters. The summed E-state index contributed by atoms with van der Waals surface area (Å²) >= 11 is -2.74. The molecule has 0 saturated carbocycles. The second-order valence-electron chi connectivity index (χ2n) is 12.1. The van der Waals surface area contributed by atoms with Crippen molar-refractivity contribution >= 4 is 32.7 Å². The molecule has 0 bridgehead atoms. The molecule has 1 aliphatic heterocycles. The molecule has 0 aliphatic carbocycles. The van der Waals surface area contributed by atoms with Crippen molar-refractivity contribution in [3.63, 3.8) is 0 Å². The molecule has 0 saturated heterocycles. The Hall–Kier alpha value is -5.62. The van der Waals surface area contributed by atoms with Crippen molar-refractivity contribution in [2.45, 2.75) is 36.0 Å². The third kappa shape index (κ3) is 7.23. The first-order chi connectivity index (χ1) is 25.7. The van der Waals surface area contributed by atoms with Crippen LogP contribution in [0, 0.1) is 0 Å². The highest BCUT2D eigenvalue weighted by Crippen LogP contribution is 2.44. The summed E-state index contributed by atoms with van der Waals surface area (Å²) in [7, 11) is 0.0405. The minimum Gasteiger partial charge on any atom is -0.497 e. The predicted octanol–water partition coefficient (Wildman–Crippen LogP) is 4.73. The number of hydrogen-bond donors (Lipinski definition) is 1. The first-order valence-corrected chi connectivity index (χ1v) is 19.0. The first kappa shape index (κ1) is 35.8. The second kappa shape index (κ2) is 15.2. The van der Waals surface area contributed by atoms with E-state index in [0.717, 1.165) is 5.56 Å². The van der Waals surface area contributed by atoms with Gasteiger partial charge < -0.3 is 28.2 Å². The molecule has 0 spiro atoms. The molecule has 274 valence electrons. The standard InChI is InChI=1S/C36H36N8O7S2/c1-49-28-10-4-25(5-11-28)22-42(23-26-6-12-29(50-2)13-7-26)53(47,48)34-32(52(45)46)17-16-31(43-21-20-41-19-18-37-36(41)43)33(34)35-38-39-40-44(35)24-27-8-14-30(51-3)15-9-27/h4-19H,20-24H2,1-3H3,(H,45,46). The largest absolute Gasteiger partial charge is 0.497 e. The van der Waals surface area contributed by atoms with Crippen LogP contribution in [0.15, 0.2) is 107 Å². The van der Waals surface area contributed by atoms with Crippen LogP contribution in [-0.4, -0.2) is 79.1 Å². The van der Waals surface area contributed by atoms with Crippen molar-refractivity contribution in [2.75, 3.05) is 32.8 Å². The van der Waals surface area contributed by atoms with Gasteiger partial charge in [-0.3, -0.25) is 0 Å². The van der Waals surface area contributed by atoms with E-state index in [2.05, 4.69) is 20.5 Å². The van der Waals surface area contributed by atoms with E-state index in [9.17, 15) is 8.76 Å². The van der Waals surface area contributed by atoms with Crippen molar-refractivity contribution < 1.29 is 31.4 Å². The van der Waals surface area contributed by atoms with Crippen LogP contribution in [-0.2, 0) is 47.3 Å². The van der Waals surface area contributed by atoms with E-state index in [1.807, 2.05) is 27.8 Å². The van der Waals surface area contributed by atoms with Crippen LogP contribution < -0.4 is 19.1 Å². The summed E-state index contributed by atoms with van der Waals surface area (Å²) in [6, 6.07) is 24.4. The maximum Gasteiger partial charge on any atom is 0.245 e. The highest BCUT2D eigenvalue weighted by molar-refractivity contribution is 7.90. The summed E-state index contributed by atoms with van der Waals surface area (Å²) in [5, 5.41) is 12.6. The quantitative estimate of drug-likeness (QED) is 0.152. The monoisotopic (exact) mass is 756 g/mol. The molecule has 0 radical (unpaired) electrons. The van der Waals surface area contributed by atoms with Gasteiger partial charge >= 0.3 is 0 Å². The van der Waals surface area contributed by atoms with E-state index < -0.39 is 26.0 Å². The number of rotatable bonds is 14. The summed E-state index contributed by atoms with van der Waals surface area (Å²) in [4.78, 5) is 5.69. The number of methoxy groups -OCH3 is 3. The van der Waals surface area contributed by atoms with Crippen molar-refractivity contribution in [1.82, 2.24) is 34.1 Å². The van der Waals surface area contributed by atoms with Gasteiger partial charge in [-0.05, 0) is 75.6 Å². The fourth-order valence-electron chi connectivity index (χ4n) is 6.26. The van der Waals surface area contributed by atoms with E-state index in [-0.39, 0.29) is 35.9 Å². The van der Waals surface area contributed by atoms with Crippen molar-refractivity contribution in [1.29, 1.82) is 0 Å². The predicted molar refractivity (Wildman–Crippen MR) is 196 cm³/mol. The molecule has 0 fully saturated rings. The highest BCUT2D eigenvalue weighted by Gasteiger charge is 2.38. The van der Waals surface area contributed by atoms with Gasteiger partial charge in [-0.15, -0.1) is 5.10 Å². The molecule has 1 N–H and O–H groups in total. The Kier molecular flexibility index (Phi) is 10.2. The van der Waals surface area contributed by atoms with Gasteiger partial charge in [0.2, 0.25) is 16.0 Å². The van der Waals surface area contributed by atoms with Gasteiger partial charge in [0, 0.05) is 38.6 Å². The van der Waals surface area contributed by atoms with Crippen LogP contribution in [0.4, 0.5) is 11.6 Å². The number of nitrogens with zero attached hydrogens (tertiary/aromatic N) is 8. The summed E-state index contributed by atoms with van der Waals surface area (Å²) in [5.41, 5.74) is 2.61. The molecular weight excluding hydrogens is 721 g/mol. The minimum absolute atomic E-state index is 0.0642. The fourth-order valence-corrected chi connectivity index (χ4v) is 8.91. The lowest BCUT2D eigenvalue weighted by molar-refractivity contribution is 0.396. The number of sulfonamides is 1. The Labute approximate surface area is 308 Å². The molecule has 15 nitrogen and oxygen atoms in total. The average Bonchev–Trinajstić information content (AvgIpc) is 3.93. The molecule has 6 aromatic rings. The summed E-state index contributed by atoms with van der Waals surface area (Å²) < 4.78 is 75.5. The number of hydrogen-bond acceptors (Lipinski definition) is 11. The molecule has 1 aliphatic rings. The Morgan fingerprint density at radius 3 is 1.91 bits per heavy atom. The van der Waals surface area contributed by atoms with Crippen molar-refractivity contribution in [3.05, 3.63) is 114 Å². The van der Waals surface area contributed by atoms with Crippen LogP contribution in [0.2, 0.25) is 0 Å². The molecular formula is C36H36N8O7S2. The van der Waals surface area contributed by atoms with E-state index in [1.54, 1.807) is 94.3 Å². The van der Waals surface area contributed by atoms with Crippen molar-refractivity contribution in [2.24, 2.45) is 0 Å². The van der Waals surface area contributed by atoms with Gasteiger partial charge in [-0.2, -0.15) is 4.31 Å². The third-order valence-electron chi connectivity index (χ3n) is 8.96. The summed E-state index contributed by atoms with van der Waals surface area (Å²) in [6.07, 6.45) is 3.50. The molecule has 7 rings (SSSR count). The number of tetrazole rings is 1. The smallest absolute Gasteiger partial charge is 0.245 e. The maximum atomic E-state index is 15.4. The van der Waals surface area contributed by atoms with Gasteiger partial charge in [0.05, 0.1) is 44.0 Å². The van der Waals surface area contributed by atoms with Crippen LogP contribution in [0.1, 0.15) is 16.7 Å². The van der Waals surface area contributed by atoms with E-state index >= 15 is 8.42 Å². The van der Waals surface area contributed by atoms with Crippen LogP contribution in [0.25, 0.3) is 11.4 Å². The third-order valence-corrected chi connectivity index (χ3v) is 11.7. The Morgan fingerprint density at radius 1 is 0.792 bits per heavy atom. The lowest BCUT2D eigenvalue weighted by atomic mass is 10.1. The zero-order valence-corrected chi connectivity index (χ0v) is 30.7. The van der Waals surface area contributed by atoms with Crippen LogP contribution in [0.3, 0.4) is 0 Å². The summed E-state index contributed by atoms with van der Waals surface area (Å²) in [6.45, 7) is 1.05. The number of ether oxygens (including phenoxy) is 3. The van der Waals surface area contributed by atoms with E-state index in [1.165, 1.54) is 15.1 Å². The van der Waals surface area contributed by atoms with Gasteiger partial charge in [-0.1, -0.05) is 36.4 Å². The highest BCUT2D eigenvalue weighted by atomic mass is 32.2. The molecule has 0 amide bonds.